The van der Waals surface area contributed by atoms with Crippen LogP contribution in [0.15, 0.2) is 6.20 Å². The molecule has 0 radical (unpaired) electrons. The Morgan fingerprint density at radius 2 is 2.26 bits per heavy atom. The van der Waals surface area contributed by atoms with Crippen LogP contribution in [-0.4, -0.2) is 47.0 Å². The maximum Gasteiger partial charge on any atom is 0.434 e. The highest BCUT2D eigenvalue weighted by atomic mass is 19.4. The van der Waals surface area contributed by atoms with E-state index in [0.717, 1.165) is 19.0 Å². The Labute approximate surface area is 133 Å². The molecule has 1 unspecified atom stereocenters. The number of alkyl halides is 3. The van der Waals surface area contributed by atoms with Crippen molar-refractivity contribution in [1.82, 2.24) is 19.8 Å². The van der Waals surface area contributed by atoms with Crippen LogP contribution in [0.2, 0.25) is 0 Å². The van der Waals surface area contributed by atoms with Crippen LogP contribution in [0, 0.1) is 5.92 Å². The topological polar surface area (TPSA) is 50.2 Å². The third-order valence-corrected chi connectivity index (χ3v) is 3.94. The van der Waals surface area contributed by atoms with Crippen LogP contribution >= 0.6 is 0 Å². The van der Waals surface area contributed by atoms with Gasteiger partial charge in [0.15, 0.2) is 5.69 Å². The molecular weight excluding hydrogens is 309 g/mol. The molecule has 23 heavy (non-hydrogen) atoms. The summed E-state index contributed by atoms with van der Waals surface area (Å²) in [7, 11) is 1.86. The summed E-state index contributed by atoms with van der Waals surface area (Å²) in [5.41, 5.74) is -0.819. The summed E-state index contributed by atoms with van der Waals surface area (Å²) in [6.45, 7) is 4.15. The number of hydrogen-bond acceptors (Lipinski definition) is 3. The van der Waals surface area contributed by atoms with E-state index in [9.17, 15) is 18.0 Å². The van der Waals surface area contributed by atoms with Gasteiger partial charge in [0.25, 0.3) is 0 Å². The van der Waals surface area contributed by atoms with Crippen molar-refractivity contribution in [3.63, 3.8) is 0 Å². The summed E-state index contributed by atoms with van der Waals surface area (Å²) in [5.74, 6) is 0.700. The van der Waals surface area contributed by atoms with Gasteiger partial charge in [0.2, 0.25) is 5.91 Å². The summed E-state index contributed by atoms with van der Waals surface area (Å²) < 4.78 is 39.7. The smallest absolute Gasteiger partial charge is 0.355 e. The summed E-state index contributed by atoms with van der Waals surface area (Å²) in [6, 6.07) is 0. The van der Waals surface area contributed by atoms with Gasteiger partial charge in [-0.1, -0.05) is 6.92 Å². The standard InChI is InChI=1S/C15H23F3N4O/c1-3-6-19-14(23)10-21(2)7-11-4-5-13-20-12(15(16,17)18)9-22(13)8-11/h9,11H,3-8,10H2,1-2H3,(H,19,23). The second-order valence-corrected chi connectivity index (χ2v) is 6.14. The number of carbonyl (C=O) groups excluding carboxylic acids is 1. The third kappa shape index (κ3) is 4.95. The van der Waals surface area contributed by atoms with Crippen LogP contribution in [0.4, 0.5) is 13.2 Å². The number of aromatic nitrogens is 2. The number of likely N-dealkylation sites (N-methyl/N-ethyl adjacent to an activating group) is 1. The number of nitrogens with one attached hydrogen (secondary N) is 1. The molecule has 2 heterocycles. The first kappa shape index (κ1) is 17.8. The molecule has 0 bridgehead atoms. The number of aryl methyl sites for hydroxylation is 1. The Hall–Kier alpha value is -1.57. The number of fused-ring (bicyclic) bond motifs is 1. The average molecular weight is 332 g/mol. The molecule has 8 heteroatoms. The molecular formula is C15H23F3N4O. The lowest BCUT2D eigenvalue weighted by atomic mass is 9.99. The van der Waals surface area contributed by atoms with Gasteiger partial charge in [-0.15, -0.1) is 0 Å². The van der Waals surface area contributed by atoms with Gasteiger partial charge < -0.3 is 9.88 Å². The fraction of sp³-hybridized carbons (Fsp3) is 0.733. The van der Waals surface area contributed by atoms with Crippen molar-refractivity contribution >= 4 is 5.91 Å². The van der Waals surface area contributed by atoms with Gasteiger partial charge in [-0.25, -0.2) is 4.98 Å². The van der Waals surface area contributed by atoms with Crippen molar-refractivity contribution in [3.8, 4) is 0 Å². The van der Waals surface area contributed by atoms with Crippen molar-refractivity contribution in [2.24, 2.45) is 5.92 Å². The number of hydrogen-bond donors (Lipinski definition) is 1. The first-order chi connectivity index (χ1) is 10.8. The van der Waals surface area contributed by atoms with E-state index in [4.69, 9.17) is 0 Å². The predicted octanol–water partition coefficient (Wildman–Crippen LogP) is 1.92. The van der Waals surface area contributed by atoms with Gasteiger partial charge in [0, 0.05) is 32.3 Å². The molecule has 1 atom stereocenters. The molecule has 5 nitrogen and oxygen atoms in total. The molecule has 1 amide bonds. The van der Waals surface area contributed by atoms with Crippen molar-refractivity contribution < 1.29 is 18.0 Å². The SMILES string of the molecule is CCCNC(=O)CN(C)CC1CCc2nc(C(F)(F)F)cn2C1. The minimum Gasteiger partial charge on any atom is -0.355 e. The molecule has 0 saturated heterocycles. The Morgan fingerprint density at radius 1 is 1.52 bits per heavy atom. The van der Waals surface area contributed by atoms with Gasteiger partial charge in [0.05, 0.1) is 6.54 Å². The number of imidazole rings is 1. The average Bonchev–Trinajstić information content (AvgIpc) is 2.88. The Bertz CT molecular complexity index is 541. The van der Waals surface area contributed by atoms with Crippen LogP contribution in [0.1, 0.15) is 31.3 Å². The molecule has 0 fully saturated rings. The van der Waals surface area contributed by atoms with Crippen molar-refractivity contribution in [2.75, 3.05) is 26.7 Å². The van der Waals surface area contributed by atoms with Gasteiger partial charge in [-0.2, -0.15) is 13.2 Å². The molecule has 0 aromatic carbocycles. The summed E-state index contributed by atoms with van der Waals surface area (Å²) in [5, 5.41) is 2.82. The molecule has 1 aromatic rings. The molecule has 1 aliphatic rings. The normalized spacial score (nSPS) is 18.1. The Kier molecular flexibility index (Phi) is 5.67. The number of nitrogens with zero attached hydrogens (tertiary/aromatic N) is 3. The summed E-state index contributed by atoms with van der Waals surface area (Å²) >= 11 is 0. The van der Waals surface area contributed by atoms with E-state index >= 15 is 0 Å². The van der Waals surface area contributed by atoms with Gasteiger partial charge >= 0.3 is 6.18 Å². The van der Waals surface area contributed by atoms with E-state index in [1.165, 1.54) is 0 Å². The molecule has 1 N–H and O–H groups in total. The minimum absolute atomic E-state index is 0.0205. The Morgan fingerprint density at radius 3 is 2.91 bits per heavy atom. The lowest BCUT2D eigenvalue weighted by Gasteiger charge is -2.27. The fourth-order valence-corrected chi connectivity index (χ4v) is 2.87. The fourth-order valence-electron chi connectivity index (χ4n) is 2.87. The van der Waals surface area contributed by atoms with E-state index < -0.39 is 11.9 Å². The maximum atomic E-state index is 12.7. The first-order valence-electron chi connectivity index (χ1n) is 7.88. The quantitative estimate of drug-likeness (QED) is 0.866. The second-order valence-electron chi connectivity index (χ2n) is 6.14. The zero-order valence-electron chi connectivity index (χ0n) is 13.5. The molecule has 130 valence electrons. The van der Waals surface area contributed by atoms with Crippen LogP contribution < -0.4 is 5.32 Å². The van der Waals surface area contributed by atoms with E-state index in [1.807, 2.05) is 18.9 Å². The van der Waals surface area contributed by atoms with Crippen LogP contribution in [-0.2, 0) is 23.9 Å². The Balaban J connectivity index is 1.87. The molecule has 0 aliphatic carbocycles. The summed E-state index contributed by atoms with van der Waals surface area (Å²) in [6.07, 6.45) is -1.09. The van der Waals surface area contributed by atoms with Crippen molar-refractivity contribution in [2.45, 2.75) is 38.9 Å². The number of amides is 1. The first-order valence-corrected chi connectivity index (χ1v) is 7.88. The lowest BCUT2D eigenvalue weighted by Crippen LogP contribution is -2.39. The van der Waals surface area contributed by atoms with Gasteiger partial charge in [0.1, 0.15) is 5.82 Å². The molecule has 2 rings (SSSR count). The minimum atomic E-state index is -4.39. The number of rotatable bonds is 6. The van der Waals surface area contributed by atoms with E-state index in [1.54, 1.807) is 4.57 Å². The highest BCUT2D eigenvalue weighted by Gasteiger charge is 2.35. The van der Waals surface area contributed by atoms with E-state index in [-0.39, 0.29) is 11.8 Å². The second kappa shape index (κ2) is 7.33. The largest absolute Gasteiger partial charge is 0.434 e. The zero-order chi connectivity index (χ0) is 17.0. The lowest BCUT2D eigenvalue weighted by molar-refractivity contribution is -0.141. The van der Waals surface area contributed by atoms with E-state index in [2.05, 4.69) is 10.3 Å². The highest BCUT2D eigenvalue weighted by molar-refractivity contribution is 5.77. The van der Waals surface area contributed by atoms with Gasteiger partial charge in [-0.05, 0) is 25.8 Å². The van der Waals surface area contributed by atoms with Crippen LogP contribution in [0.5, 0.6) is 0 Å². The molecule has 0 spiro atoms. The maximum absolute atomic E-state index is 12.7. The highest BCUT2D eigenvalue weighted by Crippen LogP contribution is 2.30. The number of halogens is 3. The molecule has 1 aromatic heterocycles. The monoisotopic (exact) mass is 332 g/mol. The van der Waals surface area contributed by atoms with Crippen molar-refractivity contribution in [3.05, 3.63) is 17.7 Å². The zero-order valence-corrected chi connectivity index (χ0v) is 13.5. The summed E-state index contributed by atoms with van der Waals surface area (Å²) in [4.78, 5) is 17.3. The van der Waals surface area contributed by atoms with Gasteiger partial charge in [-0.3, -0.25) is 9.69 Å². The van der Waals surface area contributed by atoms with E-state index in [0.29, 0.717) is 38.4 Å². The predicted molar refractivity (Wildman–Crippen MR) is 79.8 cm³/mol. The molecule has 0 saturated carbocycles. The number of carbonyl (C=O) groups is 1. The van der Waals surface area contributed by atoms with Crippen LogP contribution in [0.25, 0.3) is 0 Å². The van der Waals surface area contributed by atoms with Crippen LogP contribution in [0.3, 0.4) is 0 Å². The molecule has 1 aliphatic heterocycles. The third-order valence-electron chi connectivity index (χ3n) is 3.94. The van der Waals surface area contributed by atoms with Crippen molar-refractivity contribution in [1.29, 1.82) is 0 Å².